The first-order valence-corrected chi connectivity index (χ1v) is 8.39. The van der Waals surface area contributed by atoms with Gasteiger partial charge >= 0.3 is 0 Å². The van der Waals surface area contributed by atoms with E-state index in [4.69, 9.17) is 0 Å². The highest BCUT2D eigenvalue weighted by atomic mass is 19.1. The number of amides is 1. The summed E-state index contributed by atoms with van der Waals surface area (Å²) < 4.78 is 29.3. The van der Waals surface area contributed by atoms with Crippen molar-refractivity contribution >= 4 is 5.91 Å². The van der Waals surface area contributed by atoms with Crippen molar-refractivity contribution in [1.82, 2.24) is 9.47 Å². The first-order chi connectivity index (χ1) is 11.6. The lowest BCUT2D eigenvalue weighted by Crippen LogP contribution is -2.40. The third kappa shape index (κ3) is 3.50. The van der Waals surface area contributed by atoms with Crippen LogP contribution in [0.1, 0.15) is 35.3 Å². The molecule has 1 saturated heterocycles. The highest BCUT2D eigenvalue weighted by Gasteiger charge is 2.25. The third-order valence-electron chi connectivity index (χ3n) is 4.83. The molecule has 128 valence electrons. The van der Waals surface area contributed by atoms with Crippen molar-refractivity contribution in [2.75, 3.05) is 13.1 Å². The van der Waals surface area contributed by atoms with Gasteiger partial charge in [0.25, 0.3) is 5.91 Å². The Morgan fingerprint density at radius 1 is 1.21 bits per heavy atom. The maximum absolute atomic E-state index is 13.7. The maximum Gasteiger partial charge on any atom is 0.270 e. The van der Waals surface area contributed by atoms with Crippen molar-refractivity contribution in [3.05, 3.63) is 59.4 Å². The Balaban J connectivity index is 1.62. The molecule has 5 heteroatoms. The molecular formula is C19H22F2N2O. The van der Waals surface area contributed by atoms with Gasteiger partial charge in [-0.05, 0) is 55.9 Å². The van der Waals surface area contributed by atoms with Crippen LogP contribution in [-0.2, 0) is 13.5 Å². The average molecular weight is 332 g/mol. The Morgan fingerprint density at radius 2 is 1.96 bits per heavy atom. The molecule has 1 aromatic heterocycles. The molecule has 3 nitrogen and oxygen atoms in total. The van der Waals surface area contributed by atoms with Gasteiger partial charge in [0.15, 0.2) is 0 Å². The predicted molar refractivity (Wildman–Crippen MR) is 88.7 cm³/mol. The molecule has 0 radical (unpaired) electrons. The fourth-order valence-electron chi connectivity index (χ4n) is 3.45. The Hall–Kier alpha value is -2.17. The fraction of sp³-hybridized carbons (Fsp3) is 0.421. The van der Waals surface area contributed by atoms with Gasteiger partial charge in [-0.3, -0.25) is 4.79 Å². The van der Waals surface area contributed by atoms with Crippen LogP contribution in [0.3, 0.4) is 0 Å². The Labute approximate surface area is 140 Å². The first kappa shape index (κ1) is 16.7. The molecule has 0 aliphatic carbocycles. The van der Waals surface area contributed by atoms with Crippen LogP contribution in [0.2, 0.25) is 0 Å². The van der Waals surface area contributed by atoms with E-state index in [2.05, 4.69) is 0 Å². The number of hydrogen-bond acceptors (Lipinski definition) is 1. The van der Waals surface area contributed by atoms with Crippen LogP contribution in [0.15, 0.2) is 36.5 Å². The zero-order valence-corrected chi connectivity index (χ0v) is 13.8. The molecule has 0 bridgehead atoms. The lowest BCUT2D eigenvalue weighted by Gasteiger charge is -2.33. The molecule has 3 rings (SSSR count). The molecule has 1 atom stereocenters. The standard InChI is InChI=1S/C19H22F2N2O/c1-22-11-4-8-18(22)19(24)23-12-3-5-14(13-23)9-10-15-16(20)6-2-7-17(15)21/h2,4,6-8,11,14H,3,5,9-10,12-13H2,1H3/t14-/m1/s1. The SMILES string of the molecule is Cn1cccc1C(=O)N1CCC[C@H](CCc2c(F)cccc2F)C1. The number of benzene rings is 1. The molecule has 0 saturated carbocycles. The van der Waals surface area contributed by atoms with Crippen LogP contribution in [0, 0.1) is 17.6 Å². The van der Waals surface area contributed by atoms with E-state index in [0.29, 0.717) is 25.1 Å². The van der Waals surface area contributed by atoms with Crippen molar-refractivity contribution in [3.63, 3.8) is 0 Å². The number of aromatic nitrogens is 1. The number of carbonyl (C=O) groups is 1. The van der Waals surface area contributed by atoms with Crippen LogP contribution in [-0.4, -0.2) is 28.5 Å². The zero-order chi connectivity index (χ0) is 17.1. The van der Waals surface area contributed by atoms with Crippen molar-refractivity contribution in [2.24, 2.45) is 13.0 Å². The number of carbonyl (C=O) groups excluding carboxylic acids is 1. The predicted octanol–water partition coefficient (Wildman–Crippen LogP) is 3.79. The Bertz CT molecular complexity index is 706. The van der Waals surface area contributed by atoms with Crippen molar-refractivity contribution < 1.29 is 13.6 Å². The van der Waals surface area contributed by atoms with Crippen molar-refractivity contribution in [3.8, 4) is 0 Å². The van der Waals surface area contributed by atoms with Crippen molar-refractivity contribution in [2.45, 2.75) is 25.7 Å². The van der Waals surface area contributed by atoms with Gasteiger partial charge in [-0.2, -0.15) is 0 Å². The third-order valence-corrected chi connectivity index (χ3v) is 4.83. The van der Waals surface area contributed by atoms with E-state index in [1.165, 1.54) is 18.2 Å². The summed E-state index contributed by atoms with van der Waals surface area (Å²) in [5.41, 5.74) is 0.833. The number of halogens is 2. The van der Waals surface area contributed by atoms with Crippen LogP contribution in [0.25, 0.3) is 0 Å². The molecule has 0 unspecified atom stereocenters. The second kappa shape index (κ2) is 7.16. The summed E-state index contributed by atoms with van der Waals surface area (Å²) in [6.07, 6.45) is 4.84. The number of rotatable bonds is 4. The van der Waals surface area contributed by atoms with E-state index in [-0.39, 0.29) is 17.4 Å². The minimum atomic E-state index is -0.484. The molecule has 1 aromatic carbocycles. The normalized spacial score (nSPS) is 18.0. The van der Waals surface area contributed by atoms with Gasteiger partial charge in [-0.15, -0.1) is 0 Å². The Kier molecular flexibility index (Phi) is 4.97. The number of aryl methyl sites for hydroxylation is 1. The van der Waals surface area contributed by atoms with Crippen molar-refractivity contribution in [1.29, 1.82) is 0 Å². The van der Waals surface area contributed by atoms with Crippen LogP contribution >= 0.6 is 0 Å². The van der Waals surface area contributed by atoms with E-state index in [0.717, 1.165) is 19.4 Å². The summed E-state index contributed by atoms with van der Waals surface area (Å²) >= 11 is 0. The molecular weight excluding hydrogens is 310 g/mol. The van der Waals surface area contributed by atoms with Gasteiger partial charge in [0.1, 0.15) is 17.3 Å². The minimum Gasteiger partial charge on any atom is -0.347 e. The molecule has 2 aromatic rings. The molecule has 1 aliphatic rings. The van der Waals surface area contributed by atoms with Gasteiger partial charge in [-0.25, -0.2) is 8.78 Å². The smallest absolute Gasteiger partial charge is 0.270 e. The lowest BCUT2D eigenvalue weighted by molar-refractivity contribution is 0.0658. The van der Waals surface area contributed by atoms with Crippen LogP contribution in [0.4, 0.5) is 8.78 Å². The molecule has 2 heterocycles. The summed E-state index contributed by atoms with van der Waals surface area (Å²) in [7, 11) is 1.86. The van der Waals surface area contributed by atoms with E-state index in [9.17, 15) is 13.6 Å². The summed E-state index contributed by atoms with van der Waals surface area (Å²) in [5.74, 6) is -0.656. The van der Waals surface area contributed by atoms with E-state index in [1.54, 1.807) is 0 Å². The number of piperidine rings is 1. The van der Waals surface area contributed by atoms with Gasteiger partial charge in [0, 0.05) is 31.9 Å². The quantitative estimate of drug-likeness (QED) is 0.836. The summed E-state index contributed by atoms with van der Waals surface area (Å²) in [6.45, 7) is 1.40. The van der Waals surface area contributed by atoms with Crippen LogP contribution in [0.5, 0.6) is 0 Å². The molecule has 1 amide bonds. The van der Waals surface area contributed by atoms with Crippen LogP contribution < -0.4 is 0 Å². The van der Waals surface area contributed by atoms with E-state index < -0.39 is 11.6 Å². The summed E-state index contributed by atoms with van der Waals surface area (Å²) in [4.78, 5) is 14.5. The molecule has 1 aliphatic heterocycles. The first-order valence-electron chi connectivity index (χ1n) is 8.39. The highest BCUT2D eigenvalue weighted by Crippen LogP contribution is 2.24. The monoisotopic (exact) mass is 332 g/mol. The minimum absolute atomic E-state index is 0.0317. The summed E-state index contributed by atoms with van der Waals surface area (Å²) in [6, 6.07) is 7.65. The molecule has 0 spiro atoms. The van der Waals surface area contributed by atoms with Gasteiger partial charge in [-0.1, -0.05) is 6.07 Å². The number of nitrogens with zero attached hydrogens (tertiary/aromatic N) is 2. The second-order valence-corrected chi connectivity index (χ2v) is 6.50. The highest BCUT2D eigenvalue weighted by molar-refractivity contribution is 5.92. The number of hydrogen-bond donors (Lipinski definition) is 0. The molecule has 0 N–H and O–H groups in total. The second-order valence-electron chi connectivity index (χ2n) is 6.50. The Morgan fingerprint density at radius 3 is 2.62 bits per heavy atom. The van der Waals surface area contributed by atoms with E-state index in [1.807, 2.05) is 34.8 Å². The topological polar surface area (TPSA) is 25.2 Å². The summed E-state index contributed by atoms with van der Waals surface area (Å²) in [5, 5.41) is 0. The fourth-order valence-corrected chi connectivity index (χ4v) is 3.45. The largest absolute Gasteiger partial charge is 0.347 e. The van der Waals surface area contributed by atoms with Gasteiger partial charge in [0.2, 0.25) is 0 Å². The lowest BCUT2D eigenvalue weighted by atomic mass is 9.91. The average Bonchev–Trinajstić information content (AvgIpc) is 3.00. The van der Waals surface area contributed by atoms with E-state index >= 15 is 0 Å². The van der Waals surface area contributed by atoms with Gasteiger partial charge < -0.3 is 9.47 Å². The molecule has 24 heavy (non-hydrogen) atoms. The zero-order valence-electron chi connectivity index (χ0n) is 13.8. The maximum atomic E-state index is 13.7. The van der Waals surface area contributed by atoms with Gasteiger partial charge in [0.05, 0.1) is 0 Å². The molecule has 1 fully saturated rings. The number of likely N-dealkylation sites (tertiary alicyclic amines) is 1.